The van der Waals surface area contributed by atoms with E-state index in [-0.39, 0.29) is 36.6 Å². The van der Waals surface area contributed by atoms with Gasteiger partial charge in [-0.3, -0.25) is 24.1 Å². The Bertz CT molecular complexity index is 547. The molecule has 0 aromatic carbocycles. The summed E-state index contributed by atoms with van der Waals surface area (Å²) in [5, 5.41) is 2.57. The van der Waals surface area contributed by atoms with E-state index in [4.69, 9.17) is 9.47 Å². The van der Waals surface area contributed by atoms with Gasteiger partial charge in [0.1, 0.15) is 0 Å². The maximum absolute atomic E-state index is 12.3. The predicted molar refractivity (Wildman–Crippen MR) is 87.1 cm³/mol. The topological polar surface area (TPSA) is 102 Å². The fourth-order valence-corrected chi connectivity index (χ4v) is 3.02. The summed E-state index contributed by atoms with van der Waals surface area (Å²) in [5.74, 6) is -2.10. The first kappa shape index (κ1) is 19.1. The lowest BCUT2D eigenvalue weighted by Crippen LogP contribution is -2.38. The number of nitrogens with one attached hydrogen (secondary N) is 1. The number of carbonyl (C=O) groups excluding carboxylic acids is 4. The quantitative estimate of drug-likeness (QED) is 0.286. The van der Waals surface area contributed by atoms with Gasteiger partial charge in [-0.2, -0.15) is 0 Å². The Balaban J connectivity index is 1.77. The smallest absolute Gasteiger partial charge is 0.308 e. The van der Waals surface area contributed by atoms with Crippen LogP contribution in [0.1, 0.15) is 26.2 Å². The molecule has 0 bridgehead atoms. The summed E-state index contributed by atoms with van der Waals surface area (Å²) in [4.78, 5) is 49.3. The van der Waals surface area contributed by atoms with Crippen LogP contribution in [0, 0.1) is 11.8 Å². The zero-order valence-electron chi connectivity index (χ0n) is 14.5. The summed E-state index contributed by atoms with van der Waals surface area (Å²) in [5.41, 5.74) is 0. The average molecular weight is 352 g/mol. The van der Waals surface area contributed by atoms with Gasteiger partial charge in [-0.05, 0) is 19.8 Å². The number of ether oxygens (including phenoxy) is 2. The van der Waals surface area contributed by atoms with Gasteiger partial charge in [-0.15, -0.1) is 0 Å². The van der Waals surface area contributed by atoms with E-state index in [2.05, 4.69) is 5.32 Å². The first-order valence-corrected chi connectivity index (χ1v) is 8.42. The third-order valence-electron chi connectivity index (χ3n) is 4.42. The molecule has 1 fully saturated rings. The number of hydrogen-bond donors (Lipinski definition) is 1. The minimum atomic E-state index is -0.943. The van der Waals surface area contributed by atoms with Crippen molar-refractivity contribution in [2.24, 2.45) is 11.8 Å². The number of esters is 1. The largest absolute Gasteiger partial charge is 0.452 e. The van der Waals surface area contributed by atoms with Crippen molar-refractivity contribution in [1.82, 2.24) is 10.2 Å². The molecule has 0 radical (unpaired) electrons. The van der Waals surface area contributed by atoms with E-state index in [1.165, 1.54) is 14.0 Å². The van der Waals surface area contributed by atoms with Crippen LogP contribution in [0.15, 0.2) is 12.2 Å². The van der Waals surface area contributed by atoms with E-state index in [0.717, 1.165) is 4.90 Å². The molecule has 0 aromatic rings. The van der Waals surface area contributed by atoms with Crippen molar-refractivity contribution in [3.63, 3.8) is 0 Å². The summed E-state index contributed by atoms with van der Waals surface area (Å²) in [6.07, 6.45) is 3.88. The van der Waals surface area contributed by atoms with E-state index >= 15 is 0 Å². The van der Waals surface area contributed by atoms with E-state index in [1.807, 2.05) is 12.2 Å². The number of allylic oxidation sites excluding steroid dienone is 2. The standard InChI is InChI=1S/C17H24N2O6/c1-11(15(21)18-8-10-24-2)25-14(20)7-9-19-16(22)12-5-3-4-6-13(12)17(19)23/h3-4,11-13H,5-10H2,1-2H3,(H,18,21)/t11-,12-,13-/m0/s1. The van der Waals surface area contributed by atoms with Gasteiger partial charge in [0.15, 0.2) is 6.10 Å². The van der Waals surface area contributed by atoms with Crippen LogP contribution < -0.4 is 5.32 Å². The molecule has 1 N–H and O–H groups in total. The van der Waals surface area contributed by atoms with Crippen LogP contribution in [-0.4, -0.2) is 61.5 Å². The molecule has 1 aliphatic heterocycles. The van der Waals surface area contributed by atoms with Crippen LogP contribution >= 0.6 is 0 Å². The fourth-order valence-electron chi connectivity index (χ4n) is 3.02. The van der Waals surface area contributed by atoms with Crippen LogP contribution in [0.2, 0.25) is 0 Å². The molecule has 3 amide bonds. The van der Waals surface area contributed by atoms with Gasteiger partial charge in [0.2, 0.25) is 11.8 Å². The highest BCUT2D eigenvalue weighted by molar-refractivity contribution is 6.05. The average Bonchev–Trinajstić information content (AvgIpc) is 2.84. The molecule has 3 atom stereocenters. The van der Waals surface area contributed by atoms with Gasteiger partial charge >= 0.3 is 5.97 Å². The first-order valence-electron chi connectivity index (χ1n) is 8.42. The summed E-state index contributed by atoms with van der Waals surface area (Å²) in [7, 11) is 1.52. The summed E-state index contributed by atoms with van der Waals surface area (Å²) in [6, 6.07) is 0. The number of likely N-dealkylation sites (tertiary alicyclic amines) is 1. The zero-order valence-corrected chi connectivity index (χ0v) is 14.5. The molecule has 0 unspecified atom stereocenters. The normalized spacial score (nSPS) is 23.4. The van der Waals surface area contributed by atoms with Gasteiger partial charge in [0.25, 0.3) is 5.91 Å². The molecule has 8 heteroatoms. The van der Waals surface area contributed by atoms with E-state index < -0.39 is 18.0 Å². The van der Waals surface area contributed by atoms with Crippen molar-refractivity contribution in [3.05, 3.63) is 12.2 Å². The Morgan fingerprint density at radius 3 is 2.40 bits per heavy atom. The zero-order chi connectivity index (χ0) is 18.4. The molecule has 0 aromatic heterocycles. The van der Waals surface area contributed by atoms with Crippen LogP contribution in [0.25, 0.3) is 0 Å². The van der Waals surface area contributed by atoms with Gasteiger partial charge in [-0.1, -0.05) is 12.2 Å². The van der Waals surface area contributed by atoms with Crippen LogP contribution in [0.3, 0.4) is 0 Å². The molecular weight excluding hydrogens is 328 g/mol. The van der Waals surface area contributed by atoms with Gasteiger partial charge in [-0.25, -0.2) is 0 Å². The lowest BCUT2D eigenvalue weighted by atomic mass is 9.85. The van der Waals surface area contributed by atoms with E-state index in [1.54, 1.807) is 0 Å². The second-order valence-electron chi connectivity index (χ2n) is 6.15. The number of nitrogens with zero attached hydrogens (tertiary/aromatic N) is 1. The highest BCUT2D eigenvalue weighted by Crippen LogP contribution is 2.34. The molecule has 25 heavy (non-hydrogen) atoms. The van der Waals surface area contributed by atoms with Crippen LogP contribution in [-0.2, 0) is 28.7 Å². The van der Waals surface area contributed by atoms with E-state index in [9.17, 15) is 19.2 Å². The van der Waals surface area contributed by atoms with Crippen LogP contribution in [0.5, 0.6) is 0 Å². The fraction of sp³-hybridized carbons (Fsp3) is 0.647. The Hall–Kier alpha value is -2.22. The van der Waals surface area contributed by atoms with Crippen molar-refractivity contribution >= 4 is 23.7 Å². The Morgan fingerprint density at radius 2 is 1.84 bits per heavy atom. The van der Waals surface area contributed by atoms with E-state index in [0.29, 0.717) is 26.0 Å². The number of fused-ring (bicyclic) bond motifs is 1. The first-order chi connectivity index (χ1) is 12.0. The SMILES string of the molecule is COCCNC(=O)[C@H](C)OC(=O)CCN1C(=O)[C@H]2CC=CC[C@@H]2C1=O. The number of imide groups is 1. The van der Waals surface area contributed by atoms with Crippen molar-refractivity contribution < 1.29 is 28.7 Å². The monoisotopic (exact) mass is 352 g/mol. The molecule has 1 saturated heterocycles. The number of methoxy groups -OCH3 is 1. The number of hydrogen-bond acceptors (Lipinski definition) is 6. The van der Waals surface area contributed by atoms with Crippen molar-refractivity contribution in [1.29, 1.82) is 0 Å². The molecule has 138 valence electrons. The number of rotatable bonds is 8. The van der Waals surface area contributed by atoms with Crippen molar-refractivity contribution in [3.8, 4) is 0 Å². The Labute approximate surface area is 146 Å². The third kappa shape index (κ3) is 4.66. The molecule has 1 aliphatic carbocycles. The molecule has 2 rings (SSSR count). The second-order valence-corrected chi connectivity index (χ2v) is 6.15. The molecule has 0 saturated carbocycles. The highest BCUT2D eigenvalue weighted by atomic mass is 16.5. The Kier molecular flexibility index (Phi) is 6.69. The molecule has 2 aliphatic rings. The molecular formula is C17H24N2O6. The maximum Gasteiger partial charge on any atom is 0.308 e. The lowest BCUT2D eigenvalue weighted by Gasteiger charge is -2.16. The minimum absolute atomic E-state index is 0.0124. The Morgan fingerprint density at radius 1 is 1.24 bits per heavy atom. The lowest BCUT2D eigenvalue weighted by molar-refractivity contribution is -0.155. The van der Waals surface area contributed by atoms with Gasteiger partial charge in [0, 0.05) is 20.2 Å². The summed E-state index contributed by atoms with van der Waals surface area (Å²) >= 11 is 0. The third-order valence-corrected chi connectivity index (χ3v) is 4.42. The molecule has 0 spiro atoms. The minimum Gasteiger partial charge on any atom is -0.452 e. The number of amides is 3. The van der Waals surface area contributed by atoms with Crippen LogP contribution in [0.4, 0.5) is 0 Å². The summed E-state index contributed by atoms with van der Waals surface area (Å²) in [6.45, 7) is 2.14. The maximum atomic E-state index is 12.3. The molecule has 8 nitrogen and oxygen atoms in total. The van der Waals surface area contributed by atoms with Gasteiger partial charge < -0.3 is 14.8 Å². The predicted octanol–water partition coefficient (Wildman–Crippen LogP) is 0.0220. The van der Waals surface area contributed by atoms with Crippen molar-refractivity contribution in [2.45, 2.75) is 32.3 Å². The van der Waals surface area contributed by atoms with Crippen molar-refractivity contribution in [2.75, 3.05) is 26.8 Å². The molecule has 1 heterocycles. The van der Waals surface area contributed by atoms with Gasteiger partial charge in [0.05, 0.1) is 24.9 Å². The summed E-state index contributed by atoms with van der Waals surface area (Å²) < 4.78 is 9.85. The number of carbonyl (C=O) groups is 4. The highest BCUT2D eigenvalue weighted by Gasteiger charge is 2.46. The second kappa shape index (κ2) is 8.75.